The molecule has 1 aliphatic rings. The SMILES string of the molecule is CNc1cncc(C(=O)N(Cc2cccs2)C2CC2)n1. The molecule has 0 atom stereocenters. The van der Waals surface area contributed by atoms with Crippen LogP contribution < -0.4 is 5.32 Å². The number of carbonyl (C=O) groups excluding carboxylic acids is 1. The first-order chi connectivity index (χ1) is 9.78. The lowest BCUT2D eigenvalue weighted by atomic mass is 10.3. The number of nitrogens with one attached hydrogen (secondary N) is 1. The first-order valence-electron chi connectivity index (χ1n) is 6.61. The van der Waals surface area contributed by atoms with Crippen molar-refractivity contribution in [2.75, 3.05) is 12.4 Å². The second-order valence-electron chi connectivity index (χ2n) is 4.78. The lowest BCUT2D eigenvalue weighted by molar-refractivity contribution is 0.0725. The van der Waals surface area contributed by atoms with Crippen LogP contribution in [0.25, 0.3) is 0 Å². The van der Waals surface area contributed by atoms with Crippen molar-refractivity contribution in [2.45, 2.75) is 25.4 Å². The van der Waals surface area contributed by atoms with Crippen LogP contribution in [0.2, 0.25) is 0 Å². The molecule has 0 aliphatic heterocycles. The molecule has 0 bridgehead atoms. The Kier molecular flexibility index (Phi) is 3.64. The first-order valence-corrected chi connectivity index (χ1v) is 7.49. The van der Waals surface area contributed by atoms with Crippen LogP contribution in [0.3, 0.4) is 0 Å². The van der Waals surface area contributed by atoms with E-state index in [4.69, 9.17) is 0 Å². The molecule has 104 valence electrons. The highest BCUT2D eigenvalue weighted by atomic mass is 32.1. The molecular weight excluding hydrogens is 272 g/mol. The Bertz CT molecular complexity index is 595. The van der Waals surface area contributed by atoms with Gasteiger partial charge in [-0.3, -0.25) is 9.78 Å². The van der Waals surface area contributed by atoms with Crippen molar-refractivity contribution in [2.24, 2.45) is 0 Å². The zero-order valence-electron chi connectivity index (χ0n) is 11.2. The molecule has 0 radical (unpaired) electrons. The average molecular weight is 288 g/mol. The van der Waals surface area contributed by atoms with E-state index < -0.39 is 0 Å². The quantitative estimate of drug-likeness (QED) is 0.917. The molecule has 0 saturated heterocycles. The molecule has 1 saturated carbocycles. The molecule has 5 nitrogen and oxygen atoms in total. The molecule has 1 aliphatic carbocycles. The monoisotopic (exact) mass is 288 g/mol. The van der Waals surface area contributed by atoms with Gasteiger partial charge in [-0.05, 0) is 24.3 Å². The zero-order chi connectivity index (χ0) is 13.9. The van der Waals surface area contributed by atoms with Crippen molar-refractivity contribution in [3.05, 3.63) is 40.5 Å². The third kappa shape index (κ3) is 2.80. The van der Waals surface area contributed by atoms with Crippen molar-refractivity contribution >= 4 is 23.1 Å². The Morgan fingerprint density at radius 1 is 1.50 bits per heavy atom. The van der Waals surface area contributed by atoms with Gasteiger partial charge in [0.25, 0.3) is 5.91 Å². The van der Waals surface area contributed by atoms with Crippen molar-refractivity contribution in [1.82, 2.24) is 14.9 Å². The van der Waals surface area contributed by atoms with Crippen LogP contribution in [-0.4, -0.2) is 33.9 Å². The van der Waals surface area contributed by atoms with Crippen LogP contribution in [0, 0.1) is 0 Å². The number of rotatable bonds is 5. The Morgan fingerprint density at radius 3 is 3.00 bits per heavy atom. The number of aromatic nitrogens is 2. The number of amides is 1. The fraction of sp³-hybridized carbons (Fsp3) is 0.357. The van der Waals surface area contributed by atoms with Gasteiger partial charge in [0, 0.05) is 18.0 Å². The van der Waals surface area contributed by atoms with Crippen LogP contribution in [-0.2, 0) is 6.54 Å². The van der Waals surface area contributed by atoms with Crippen molar-refractivity contribution in [3.63, 3.8) is 0 Å². The Morgan fingerprint density at radius 2 is 2.35 bits per heavy atom. The number of nitrogens with zero attached hydrogens (tertiary/aromatic N) is 3. The molecule has 2 aromatic heterocycles. The number of hydrogen-bond acceptors (Lipinski definition) is 5. The summed E-state index contributed by atoms with van der Waals surface area (Å²) < 4.78 is 0. The summed E-state index contributed by atoms with van der Waals surface area (Å²) in [7, 11) is 1.77. The van der Waals surface area contributed by atoms with E-state index in [-0.39, 0.29) is 5.91 Å². The molecule has 2 aromatic rings. The van der Waals surface area contributed by atoms with E-state index in [9.17, 15) is 4.79 Å². The minimum atomic E-state index is -0.0366. The Hall–Kier alpha value is -1.95. The van der Waals surface area contributed by atoms with Gasteiger partial charge < -0.3 is 10.2 Å². The maximum Gasteiger partial charge on any atom is 0.274 e. The summed E-state index contributed by atoms with van der Waals surface area (Å²) in [5.74, 6) is 0.577. The van der Waals surface area contributed by atoms with Gasteiger partial charge >= 0.3 is 0 Å². The molecule has 0 unspecified atom stereocenters. The van der Waals surface area contributed by atoms with E-state index >= 15 is 0 Å². The molecule has 1 N–H and O–H groups in total. The van der Waals surface area contributed by atoms with Crippen LogP contribution in [0.5, 0.6) is 0 Å². The fourth-order valence-electron chi connectivity index (χ4n) is 2.06. The van der Waals surface area contributed by atoms with E-state index in [0.29, 0.717) is 24.1 Å². The van der Waals surface area contributed by atoms with Crippen LogP contribution in [0.1, 0.15) is 28.2 Å². The Labute approximate surface area is 121 Å². The average Bonchev–Trinajstić information content (AvgIpc) is 3.20. The summed E-state index contributed by atoms with van der Waals surface area (Å²) >= 11 is 1.67. The second-order valence-corrected chi connectivity index (χ2v) is 5.82. The van der Waals surface area contributed by atoms with Gasteiger partial charge in [-0.15, -0.1) is 11.3 Å². The van der Waals surface area contributed by atoms with Crippen LogP contribution >= 0.6 is 11.3 Å². The number of hydrogen-bond donors (Lipinski definition) is 1. The van der Waals surface area contributed by atoms with Gasteiger partial charge in [0.15, 0.2) is 0 Å². The number of anilines is 1. The summed E-state index contributed by atoms with van der Waals surface area (Å²) in [5, 5.41) is 4.94. The lowest BCUT2D eigenvalue weighted by Crippen LogP contribution is -2.33. The second kappa shape index (κ2) is 5.58. The number of thiophene rings is 1. The highest BCUT2D eigenvalue weighted by Crippen LogP contribution is 2.30. The van der Waals surface area contributed by atoms with Crippen molar-refractivity contribution in [1.29, 1.82) is 0 Å². The third-order valence-electron chi connectivity index (χ3n) is 3.26. The zero-order valence-corrected chi connectivity index (χ0v) is 12.1. The largest absolute Gasteiger partial charge is 0.372 e. The minimum Gasteiger partial charge on any atom is -0.372 e. The fourth-order valence-corrected chi connectivity index (χ4v) is 2.76. The van der Waals surface area contributed by atoms with Gasteiger partial charge in [0.2, 0.25) is 0 Å². The molecule has 0 spiro atoms. The highest BCUT2D eigenvalue weighted by molar-refractivity contribution is 7.09. The van der Waals surface area contributed by atoms with Crippen molar-refractivity contribution < 1.29 is 4.79 Å². The molecular formula is C14H16N4OS. The topological polar surface area (TPSA) is 58.1 Å². The molecule has 2 heterocycles. The van der Waals surface area contributed by atoms with E-state index in [1.165, 1.54) is 11.1 Å². The first kappa shape index (κ1) is 13.1. The maximum absolute atomic E-state index is 12.6. The van der Waals surface area contributed by atoms with Crippen LogP contribution in [0.4, 0.5) is 5.82 Å². The third-order valence-corrected chi connectivity index (χ3v) is 4.13. The smallest absolute Gasteiger partial charge is 0.274 e. The number of carbonyl (C=O) groups is 1. The summed E-state index contributed by atoms with van der Waals surface area (Å²) in [6.07, 6.45) is 5.30. The normalized spacial score (nSPS) is 14.1. The van der Waals surface area contributed by atoms with E-state index in [2.05, 4.69) is 21.4 Å². The summed E-state index contributed by atoms with van der Waals surface area (Å²) in [4.78, 5) is 24.1. The highest BCUT2D eigenvalue weighted by Gasteiger charge is 2.34. The van der Waals surface area contributed by atoms with E-state index in [1.54, 1.807) is 24.6 Å². The van der Waals surface area contributed by atoms with Gasteiger partial charge in [-0.2, -0.15) is 0 Å². The summed E-state index contributed by atoms with van der Waals surface area (Å²) in [6, 6.07) is 4.42. The van der Waals surface area contributed by atoms with E-state index in [1.807, 2.05) is 16.3 Å². The predicted molar refractivity (Wildman–Crippen MR) is 78.8 cm³/mol. The van der Waals surface area contributed by atoms with Gasteiger partial charge in [-0.25, -0.2) is 4.98 Å². The maximum atomic E-state index is 12.6. The molecule has 1 fully saturated rings. The molecule has 1 amide bonds. The van der Waals surface area contributed by atoms with Gasteiger partial charge in [-0.1, -0.05) is 6.07 Å². The van der Waals surface area contributed by atoms with E-state index in [0.717, 1.165) is 12.8 Å². The van der Waals surface area contributed by atoms with Crippen LogP contribution in [0.15, 0.2) is 29.9 Å². The minimum absolute atomic E-state index is 0.0366. The molecule has 20 heavy (non-hydrogen) atoms. The Balaban J connectivity index is 1.81. The van der Waals surface area contributed by atoms with Crippen molar-refractivity contribution in [3.8, 4) is 0 Å². The predicted octanol–water partition coefficient (Wildman–Crippen LogP) is 2.38. The molecule has 0 aromatic carbocycles. The van der Waals surface area contributed by atoms with Gasteiger partial charge in [0.1, 0.15) is 11.5 Å². The standard InChI is InChI=1S/C14H16N4OS/c1-15-13-8-16-7-12(17-13)14(19)18(10-4-5-10)9-11-3-2-6-20-11/h2-3,6-8,10H,4-5,9H2,1H3,(H,15,17). The molecule has 3 rings (SSSR count). The molecule has 6 heteroatoms. The lowest BCUT2D eigenvalue weighted by Gasteiger charge is -2.21. The summed E-state index contributed by atoms with van der Waals surface area (Å²) in [6.45, 7) is 0.659. The summed E-state index contributed by atoms with van der Waals surface area (Å²) in [5.41, 5.74) is 0.403. The van der Waals surface area contributed by atoms with Gasteiger partial charge in [0.05, 0.1) is 18.9 Å².